The lowest BCUT2D eigenvalue weighted by molar-refractivity contribution is -0.385. The first kappa shape index (κ1) is 19.6. The second-order valence-corrected chi connectivity index (χ2v) is 5.40. The number of benzene rings is 2. The van der Waals surface area contributed by atoms with E-state index in [0.717, 1.165) is 12.1 Å². The lowest BCUT2D eigenvalue weighted by atomic mass is 10.1. The molecule has 0 fully saturated rings. The van der Waals surface area contributed by atoms with Gasteiger partial charge in [0.1, 0.15) is 0 Å². The molecule has 9 heteroatoms. The molecular weight excluding hydrogens is 356 g/mol. The number of ether oxygens (including phenoxy) is 2. The molecule has 0 aliphatic carbocycles. The molecule has 0 bridgehead atoms. The van der Waals surface area contributed by atoms with Gasteiger partial charge in [-0.1, -0.05) is 0 Å². The van der Waals surface area contributed by atoms with Crippen molar-refractivity contribution in [2.45, 2.75) is 6.92 Å². The van der Waals surface area contributed by atoms with Gasteiger partial charge in [0.25, 0.3) is 0 Å². The van der Waals surface area contributed by atoms with Gasteiger partial charge in [-0.15, -0.1) is 0 Å². The van der Waals surface area contributed by atoms with E-state index in [1.54, 1.807) is 12.1 Å². The Morgan fingerprint density at radius 2 is 1.70 bits per heavy atom. The number of carbonyl (C=O) groups is 3. The first-order valence-electron chi connectivity index (χ1n) is 7.72. The van der Waals surface area contributed by atoms with Gasteiger partial charge in [0.15, 0.2) is 18.1 Å². The number of amides is 1. The third-order valence-corrected chi connectivity index (χ3v) is 3.46. The number of nitrogens with zero attached hydrogens (tertiary/aromatic N) is 1. The van der Waals surface area contributed by atoms with Crippen LogP contribution < -0.4 is 10.1 Å². The Bertz CT molecular complexity index is 891. The summed E-state index contributed by atoms with van der Waals surface area (Å²) in [7, 11) is 1.18. The number of methoxy groups -OCH3 is 1. The van der Waals surface area contributed by atoms with Gasteiger partial charge >= 0.3 is 11.7 Å². The smallest absolute Gasteiger partial charge is 0.337 e. The molecule has 0 atom stereocenters. The highest BCUT2D eigenvalue weighted by Crippen LogP contribution is 2.28. The topological polar surface area (TPSA) is 125 Å². The van der Waals surface area contributed by atoms with Crippen molar-refractivity contribution in [3.63, 3.8) is 0 Å². The van der Waals surface area contributed by atoms with E-state index in [9.17, 15) is 24.5 Å². The van der Waals surface area contributed by atoms with E-state index in [0.29, 0.717) is 11.3 Å². The summed E-state index contributed by atoms with van der Waals surface area (Å²) in [6.45, 7) is 0.896. The molecule has 1 N–H and O–H groups in total. The average Bonchev–Trinajstić information content (AvgIpc) is 2.65. The van der Waals surface area contributed by atoms with Crippen molar-refractivity contribution in [2.24, 2.45) is 0 Å². The van der Waals surface area contributed by atoms with Gasteiger partial charge in [-0.3, -0.25) is 19.7 Å². The summed E-state index contributed by atoms with van der Waals surface area (Å²) in [5.74, 6) is -1.57. The molecule has 0 aliphatic rings. The fraction of sp³-hybridized carbons (Fsp3) is 0.167. The minimum atomic E-state index is -0.686. The Kier molecular flexibility index (Phi) is 6.21. The third kappa shape index (κ3) is 5.11. The van der Waals surface area contributed by atoms with Crippen molar-refractivity contribution in [3.8, 4) is 5.75 Å². The maximum Gasteiger partial charge on any atom is 0.337 e. The third-order valence-electron chi connectivity index (χ3n) is 3.46. The molecule has 0 spiro atoms. The molecule has 0 saturated heterocycles. The summed E-state index contributed by atoms with van der Waals surface area (Å²) in [5.41, 5.74) is 0.513. The van der Waals surface area contributed by atoms with Crippen molar-refractivity contribution in [2.75, 3.05) is 19.0 Å². The van der Waals surface area contributed by atoms with Crippen molar-refractivity contribution in [1.29, 1.82) is 0 Å². The van der Waals surface area contributed by atoms with E-state index in [1.165, 1.54) is 32.2 Å². The molecule has 27 heavy (non-hydrogen) atoms. The number of ketones is 1. The monoisotopic (exact) mass is 372 g/mol. The number of nitro groups is 1. The molecular formula is C18H16N2O7. The van der Waals surface area contributed by atoms with E-state index < -0.39 is 23.3 Å². The predicted molar refractivity (Wildman–Crippen MR) is 95.0 cm³/mol. The van der Waals surface area contributed by atoms with Crippen LogP contribution in [0, 0.1) is 10.1 Å². The molecule has 1 amide bonds. The van der Waals surface area contributed by atoms with Gasteiger partial charge in [0.2, 0.25) is 5.91 Å². The molecule has 2 rings (SSSR count). The van der Waals surface area contributed by atoms with Gasteiger partial charge in [-0.25, -0.2) is 4.79 Å². The van der Waals surface area contributed by atoms with E-state index in [2.05, 4.69) is 10.1 Å². The highest BCUT2D eigenvalue weighted by atomic mass is 16.6. The second kappa shape index (κ2) is 8.56. The summed E-state index contributed by atoms with van der Waals surface area (Å²) < 4.78 is 9.84. The van der Waals surface area contributed by atoms with Crippen LogP contribution in [0.25, 0.3) is 0 Å². The first-order valence-corrected chi connectivity index (χ1v) is 7.72. The Morgan fingerprint density at radius 1 is 1.07 bits per heavy atom. The fourth-order valence-corrected chi connectivity index (χ4v) is 2.19. The highest BCUT2D eigenvalue weighted by Gasteiger charge is 2.19. The van der Waals surface area contributed by atoms with Crippen LogP contribution in [0.15, 0.2) is 42.5 Å². The Balaban J connectivity index is 2.14. The Morgan fingerprint density at radius 3 is 2.26 bits per heavy atom. The number of esters is 1. The zero-order valence-corrected chi connectivity index (χ0v) is 14.6. The van der Waals surface area contributed by atoms with Gasteiger partial charge in [0.05, 0.1) is 17.6 Å². The number of anilines is 1. The Labute approximate surface area is 154 Å². The largest absolute Gasteiger partial charge is 0.478 e. The van der Waals surface area contributed by atoms with Crippen molar-refractivity contribution in [1.82, 2.24) is 0 Å². The summed E-state index contributed by atoms with van der Waals surface area (Å²) >= 11 is 0. The molecule has 2 aromatic rings. The number of Topliss-reactive ketones (excluding diaryl/α,β-unsaturated/α-hetero) is 1. The summed E-state index contributed by atoms with van der Waals surface area (Å²) in [6, 6.07) is 9.58. The molecule has 2 aromatic carbocycles. The zero-order valence-electron chi connectivity index (χ0n) is 14.6. The number of rotatable bonds is 7. The van der Waals surface area contributed by atoms with Crippen LogP contribution in [-0.2, 0) is 9.53 Å². The van der Waals surface area contributed by atoms with Gasteiger partial charge in [-0.05, 0) is 30.3 Å². The number of hydrogen-bond donors (Lipinski definition) is 1. The SMILES string of the molecule is COC(=O)c1ccc([N+](=O)[O-])c(OCC(=O)c2ccc(NC(C)=O)cc2)c1. The van der Waals surface area contributed by atoms with Crippen LogP contribution in [0.5, 0.6) is 5.75 Å². The maximum absolute atomic E-state index is 12.2. The number of nitrogens with one attached hydrogen (secondary N) is 1. The number of nitro benzene ring substituents is 1. The summed E-state index contributed by atoms with van der Waals surface area (Å²) in [4.78, 5) is 45.2. The van der Waals surface area contributed by atoms with Crippen LogP contribution in [0.2, 0.25) is 0 Å². The van der Waals surface area contributed by atoms with E-state index in [-0.39, 0.29) is 22.9 Å². The molecule has 0 aliphatic heterocycles. The lowest BCUT2D eigenvalue weighted by Gasteiger charge is -2.08. The van der Waals surface area contributed by atoms with Crippen LogP contribution in [0.3, 0.4) is 0 Å². The Hall–Kier alpha value is -3.75. The lowest BCUT2D eigenvalue weighted by Crippen LogP contribution is -2.13. The summed E-state index contributed by atoms with van der Waals surface area (Å²) in [5, 5.41) is 13.7. The van der Waals surface area contributed by atoms with Crippen molar-refractivity contribution in [3.05, 3.63) is 63.7 Å². The van der Waals surface area contributed by atoms with E-state index in [4.69, 9.17) is 4.74 Å². The van der Waals surface area contributed by atoms with E-state index >= 15 is 0 Å². The van der Waals surface area contributed by atoms with Gasteiger partial charge < -0.3 is 14.8 Å². The van der Waals surface area contributed by atoms with E-state index in [1.807, 2.05) is 0 Å². The summed E-state index contributed by atoms with van der Waals surface area (Å²) in [6.07, 6.45) is 0. The minimum Gasteiger partial charge on any atom is -0.478 e. The fourth-order valence-electron chi connectivity index (χ4n) is 2.19. The zero-order chi connectivity index (χ0) is 20.0. The molecule has 0 radical (unpaired) electrons. The van der Waals surface area contributed by atoms with Gasteiger partial charge in [-0.2, -0.15) is 0 Å². The molecule has 9 nitrogen and oxygen atoms in total. The molecule has 0 unspecified atom stereocenters. The number of carbonyl (C=O) groups excluding carboxylic acids is 3. The molecule has 140 valence electrons. The van der Waals surface area contributed by atoms with Crippen molar-refractivity contribution >= 4 is 29.0 Å². The molecule has 0 aromatic heterocycles. The normalized spacial score (nSPS) is 10.0. The number of hydrogen-bond acceptors (Lipinski definition) is 7. The van der Waals surface area contributed by atoms with Crippen LogP contribution in [0.1, 0.15) is 27.6 Å². The van der Waals surface area contributed by atoms with Crippen molar-refractivity contribution < 1.29 is 28.8 Å². The molecule has 0 heterocycles. The van der Waals surface area contributed by atoms with Gasteiger partial charge in [0, 0.05) is 30.3 Å². The van der Waals surface area contributed by atoms with Crippen LogP contribution in [0.4, 0.5) is 11.4 Å². The molecule has 0 saturated carbocycles. The predicted octanol–water partition coefficient (Wildman–Crippen LogP) is 2.60. The van der Waals surface area contributed by atoms with Crippen LogP contribution >= 0.6 is 0 Å². The quantitative estimate of drug-likeness (QED) is 0.343. The maximum atomic E-state index is 12.2. The first-order chi connectivity index (χ1) is 12.8. The van der Waals surface area contributed by atoms with Crippen LogP contribution in [-0.4, -0.2) is 36.3 Å². The standard InChI is InChI=1S/C18H16N2O7/c1-11(21)19-14-6-3-12(4-7-14)16(22)10-27-17-9-13(18(23)26-2)5-8-15(17)20(24)25/h3-9H,10H2,1-2H3,(H,19,21). The highest BCUT2D eigenvalue weighted by molar-refractivity contribution is 5.98. The second-order valence-electron chi connectivity index (χ2n) is 5.40. The average molecular weight is 372 g/mol. The minimum absolute atomic E-state index is 0.0604.